The number of amidine groups is 1. The quantitative estimate of drug-likeness (QED) is 0.219. The number of hydrogen-bond acceptors (Lipinski definition) is 4. The van der Waals surface area contributed by atoms with Gasteiger partial charge < -0.3 is 15.0 Å². The van der Waals surface area contributed by atoms with Crippen LogP contribution in [0, 0.1) is 22.8 Å². The normalized spacial score (nSPS) is 16.8. The van der Waals surface area contributed by atoms with E-state index < -0.39 is 0 Å². The second-order valence-electron chi connectivity index (χ2n) is 7.41. The molecule has 0 heterocycles. The van der Waals surface area contributed by atoms with Gasteiger partial charge in [0.05, 0.1) is 0 Å². The molecular formula is C23H31ClN4O. The molecule has 156 valence electrons. The Morgan fingerprint density at radius 3 is 2.79 bits per heavy atom. The molecular weight excluding hydrogens is 384 g/mol. The first kappa shape index (κ1) is 22.8. The summed E-state index contributed by atoms with van der Waals surface area (Å²) in [5.41, 5.74) is 2.14. The fourth-order valence-electron chi connectivity index (χ4n) is 3.89. The van der Waals surface area contributed by atoms with Gasteiger partial charge in [-0.3, -0.25) is 5.41 Å². The number of nitrogens with one attached hydrogen (secondary N) is 2. The average Bonchev–Trinajstić information content (AvgIpc) is 3.08. The molecule has 0 amide bonds. The van der Waals surface area contributed by atoms with Gasteiger partial charge in [0.1, 0.15) is 11.6 Å². The minimum atomic E-state index is 0.221. The van der Waals surface area contributed by atoms with Gasteiger partial charge in [-0.2, -0.15) is 0 Å². The molecule has 2 unspecified atom stereocenters. The summed E-state index contributed by atoms with van der Waals surface area (Å²) in [4.78, 5) is 2.09. The van der Waals surface area contributed by atoms with E-state index in [1.807, 2.05) is 12.1 Å². The number of hydrogen-bond donors (Lipinski definition) is 2. The molecule has 0 aliphatic heterocycles. The summed E-state index contributed by atoms with van der Waals surface area (Å²) >= 11 is 6.03. The number of nitriles is 1. The molecule has 0 saturated carbocycles. The molecule has 29 heavy (non-hydrogen) atoms. The number of benzene rings is 1. The summed E-state index contributed by atoms with van der Waals surface area (Å²) in [7, 11) is 0. The Hall–Kier alpha value is -2.45. The lowest BCUT2D eigenvalue weighted by molar-refractivity contribution is 0.356. The molecule has 0 radical (unpaired) electrons. The van der Waals surface area contributed by atoms with E-state index in [9.17, 15) is 0 Å². The summed E-state index contributed by atoms with van der Waals surface area (Å²) in [6, 6.07) is 8.05. The predicted molar refractivity (Wildman–Crippen MR) is 119 cm³/mol. The molecule has 2 rings (SSSR count). The summed E-state index contributed by atoms with van der Waals surface area (Å²) in [5, 5.41) is 21.7. The zero-order valence-electron chi connectivity index (χ0n) is 17.4. The highest BCUT2D eigenvalue weighted by Crippen LogP contribution is 2.34. The summed E-state index contributed by atoms with van der Waals surface area (Å²) in [6.45, 7) is 10.1. The van der Waals surface area contributed by atoms with Crippen LogP contribution in [0.4, 0.5) is 0 Å². The Morgan fingerprint density at radius 2 is 2.17 bits per heavy atom. The van der Waals surface area contributed by atoms with Gasteiger partial charge in [0.25, 0.3) is 6.26 Å². The number of rotatable bonds is 11. The third-order valence-corrected chi connectivity index (χ3v) is 5.84. The Kier molecular flexibility index (Phi) is 9.08. The van der Waals surface area contributed by atoms with Gasteiger partial charge in [0.15, 0.2) is 0 Å². The van der Waals surface area contributed by atoms with Crippen molar-refractivity contribution in [2.45, 2.75) is 45.4 Å². The van der Waals surface area contributed by atoms with E-state index in [2.05, 4.69) is 42.8 Å². The first-order valence-electron chi connectivity index (χ1n) is 10.2. The molecule has 5 nitrogen and oxygen atoms in total. The Balaban J connectivity index is 2.15. The minimum Gasteiger partial charge on any atom is -0.392 e. The number of allylic oxidation sites excluding steroid dienone is 1. The average molecular weight is 415 g/mol. The van der Waals surface area contributed by atoms with Crippen molar-refractivity contribution in [1.29, 1.82) is 10.7 Å². The van der Waals surface area contributed by atoms with E-state index in [0.717, 1.165) is 36.4 Å². The molecule has 2 atom stereocenters. The van der Waals surface area contributed by atoms with Crippen molar-refractivity contribution in [3.8, 4) is 6.26 Å². The van der Waals surface area contributed by atoms with Crippen LogP contribution in [0.3, 0.4) is 0 Å². The first-order valence-corrected chi connectivity index (χ1v) is 10.6. The smallest absolute Gasteiger partial charge is 0.291 e. The van der Waals surface area contributed by atoms with Crippen LogP contribution in [0.15, 0.2) is 48.4 Å². The van der Waals surface area contributed by atoms with E-state index in [-0.39, 0.29) is 5.92 Å². The fourth-order valence-corrected chi connectivity index (χ4v) is 4.01. The third-order valence-electron chi connectivity index (χ3n) is 5.59. The lowest BCUT2D eigenvalue weighted by Crippen LogP contribution is -2.38. The standard InChI is InChI=1S/C23H31ClN4O/c1-4-18(19-7-9-20(24)10-8-19)12-14-28(15-13-27-5-2)23(26)22-17(3)6-11-21(22)29-16-25/h5,7-10,17-18,26-27H,2,4,6,11-15H2,1,3H3. The van der Waals surface area contributed by atoms with E-state index in [0.29, 0.717) is 37.0 Å². The van der Waals surface area contributed by atoms with Crippen molar-refractivity contribution < 1.29 is 4.74 Å². The largest absolute Gasteiger partial charge is 0.392 e. The van der Waals surface area contributed by atoms with E-state index >= 15 is 0 Å². The van der Waals surface area contributed by atoms with Crippen molar-refractivity contribution >= 4 is 17.4 Å². The van der Waals surface area contributed by atoms with Crippen LogP contribution in [0.25, 0.3) is 0 Å². The van der Waals surface area contributed by atoms with Crippen molar-refractivity contribution in [1.82, 2.24) is 10.2 Å². The number of nitrogens with zero attached hydrogens (tertiary/aromatic N) is 2. The Morgan fingerprint density at radius 1 is 1.45 bits per heavy atom. The maximum absolute atomic E-state index is 8.96. The molecule has 1 aromatic rings. The predicted octanol–water partition coefficient (Wildman–Crippen LogP) is 5.42. The maximum Gasteiger partial charge on any atom is 0.291 e. The molecule has 0 aromatic heterocycles. The highest BCUT2D eigenvalue weighted by atomic mass is 35.5. The summed E-state index contributed by atoms with van der Waals surface area (Å²) in [6.07, 6.45) is 7.04. The molecule has 1 aromatic carbocycles. The SMILES string of the molecule is C=CNCCN(CCC(CC)c1ccc(Cl)cc1)C(=N)C1=C(OC#N)CCC1C. The second-order valence-corrected chi connectivity index (χ2v) is 7.85. The van der Waals surface area contributed by atoms with Crippen LogP contribution >= 0.6 is 11.6 Å². The van der Waals surface area contributed by atoms with Crippen molar-refractivity contribution in [3.05, 3.63) is 59.0 Å². The summed E-state index contributed by atoms with van der Waals surface area (Å²) in [5.74, 6) is 1.74. The lowest BCUT2D eigenvalue weighted by atomic mass is 9.93. The summed E-state index contributed by atoms with van der Waals surface area (Å²) < 4.78 is 5.18. The van der Waals surface area contributed by atoms with Crippen molar-refractivity contribution in [2.24, 2.45) is 5.92 Å². The maximum atomic E-state index is 8.96. The second kappa shape index (κ2) is 11.5. The molecule has 1 aliphatic rings. The molecule has 0 spiro atoms. The third kappa shape index (κ3) is 6.27. The van der Waals surface area contributed by atoms with Crippen LogP contribution in [-0.4, -0.2) is 30.4 Å². The number of ether oxygens (including phenoxy) is 1. The van der Waals surface area contributed by atoms with Gasteiger partial charge in [-0.25, -0.2) is 0 Å². The Bertz CT molecular complexity index is 766. The highest BCUT2D eigenvalue weighted by molar-refractivity contribution is 6.30. The van der Waals surface area contributed by atoms with Crippen LogP contribution < -0.4 is 5.32 Å². The minimum absolute atomic E-state index is 0.221. The number of halogens is 1. The van der Waals surface area contributed by atoms with Crippen LogP contribution in [0.2, 0.25) is 5.02 Å². The first-order chi connectivity index (χ1) is 14.0. The van der Waals surface area contributed by atoms with Crippen molar-refractivity contribution in [2.75, 3.05) is 19.6 Å². The molecule has 0 fully saturated rings. The molecule has 6 heteroatoms. The van der Waals surface area contributed by atoms with Gasteiger partial charge in [0.2, 0.25) is 0 Å². The topological polar surface area (TPSA) is 72.1 Å². The molecule has 0 saturated heterocycles. The molecule has 2 N–H and O–H groups in total. The van der Waals surface area contributed by atoms with E-state index in [4.69, 9.17) is 27.0 Å². The lowest BCUT2D eigenvalue weighted by Gasteiger charge is -2.29. The zero-order chi connectivity index (χ0) is 21.2. The fraction of sp³-hybridized carbons (Fsp3) is 0.478. The molecule has 0 bridgehead atoms. The van der Waals surface area contributed by atoms with Gasteiger partial charge in [-0.05, 0) is 55.0 Å². The van der Waals surface area contributed by atoms with Gasteiger partial charge in [0, 0.05) is 36.7 Å². The van der Waals surface area contributed by atoms with Crippen LogP contribution in [0.1, 0.15) is 51.0 Å². The van der Waals surface area contributed by atoms with Crippen LogP contribution in [-0.2, 0) is 4.74 Å². The Labute approximate surface area is 179 Å². The van der Waals surface area contributed by atoms with E-state index in [1.165, 1.54) is 5.56 Å². The van der Waals surface area contributed by atoms with Gasteiger partial charge in [-0.15, -0.1) is 5.26 Å². The molecule has 1 aliphatic carbocycles. The van der Waals surface area contributed by atoms with E-state index in [1.54, 1.807) is 12.5 Å². The monoisotopic (exact) mass is 414 g/mol. The van der Waals surface area contributed by atoms with Crippen LogP contribution in [0.5, 0.6) is 0 Å². The highest BCUT2D eigenvalue weighted by Gasteiger charge is 2.30. The van der Waals surface area contributed by atoms with Crippen molar-refractivity contribution in [3.63, 3.8) is 0 Å². The zero-order valence-corrected chi connectivity index (χ0v) is 18.1. The van der Waals surface area contributed by atoms with Gasteiger partial charge >= 0.3 is 0 Å². The van der Waals surface area contributed by atoms with Gasteiger partial charge in [-0.1, -0.05) is 44.2 Å².